The average molecular weight is 273 g/mol. The predicted molar refractivity (Wildman–Crippen MR) is 65.6 cm³/mol. The van der Waals surface area contributed by atoms with Crippen LogP contribution in [0.4, 0.5) is 8.78 Å². The molecule has 0 aliphatic heterocycles. The van der Waals surface area contributed by atoms with Gasteiger partial charge in [0.1, 0.15) is 11.6 Å². The molecule has 1 aromatic carbocycles. The molecule has 1 N–H and O–H groups in total. The van der Waals surface area contributed by atoms with E-state index < -0.39 is 17.7 Å². The third-order valence-electron chi connectivity index (χ3n) is 2.63. The van der Waals surface area contributed by atoms with Crippen molar-refractivity contribution in [2.45, 2.75) is 12.5 Å². The summed E-state index contributed by atoms with van der Waals surface area (Å²) in [6.07, 6.45) is -0.973. The second-order valence-electron chi connectivity index (χ2n) is 4.30. The van der Waals surface area contributed by atoms with Gasteiger partial charge in [0.2, 0.25) is 5.91 Å². The van der Waals surface area contributed by atoms with Gasteiger partial charge in [-0.3, -0.25) is 4.79 Å². The molecule has 6 heteroatoms. The Morgan fingerprint density at radius 1 is 1.47 bits per heavy atom. The Balaban J connectivity index is 2.58. The smallest absolute Gasteiger partial charge is 0.226 e. The molecule has 0 bridgehead atoms. The highest BCUT2D eigenvalue weighted by Gasteiger charge is 2.16. The lowest BCUT2D eigenvalue weighted by molar-refractivity contribution is -0.130. The first-order valence-corrected chi connectivity index (χ1v) is 5.79. The number of benzene rings is 1. The molecule has 106 valence electrons. The van der Waals surface area contributed by atoms with Crippen molar-refractivity contribution >= 4 is 5.91 Å². The van der Waals surface area contributed by atoms with E-state index in [2.05, 4.69) is 0 Å². The molecule has 1 rings (SSSR count). The summed E-state index contributed by atoms with van der Waals surface area (Å²) in [6.45, 7) is 0.206. The molecule has 1 aromatic rings. The first kappa shape index (κ1) is 15.5. The number of halogens is 2. The van der Waals surface area contributed by atoms with Crippen molar-refractivity contribution in [1.29, 1.82) is 0 Å². The second kappa shape index (κ2) is 7.16. The fraction of sp³-hybridized carbons (Fsp3) is 0.462. The van der Waals surface area contributed by atoms with Crippen LogP contribution in [0.3, 0.4) is 0 Å². The fourth-order valence-corrected chi connectivity index (χ4v) is 1.63. The maximum atomic E-state index is 13.4. The molecule has 0 aliphatic carbocycles. The number of amides is 1. The summed E-state index contributed by atoms with van der Waals surface area (Å²) in [5, 5.41) is 9.48. The molecule has 0 saturated carbocycles. The average Bonchev–Trinajstić information content (AvgIpc) is 2.32. The highest BCUT2D eigenvalue weighted by Crippen LogP contribution is 2.11. The number of rotatable bonds is 6. The van der Waals surface area contributed by atoms with Crippen LogP contribution in [-0.2, 0) is 16.0 Å². The Kier molecular flexibility index (Phi) is 5.85. The van der Waals surface area contributed by atoms with Crippen LogP contribution in [0, 0.1) is 11.6 Å². The summed E-state index contributed by atoms with van der Waals surface area (Å²) >= 11 is 0. The van der Waals surface area contributed by atoms with Crippen LogP contribution >= 0.6 is 0 Å². The van der Waals surface area contributed by atoms with Crippen LogP contribution in [0.25, 0.3) is 0 Å². The van der Waals surface area contributed by atoms with Crippen LogP contribution < -0.4 is 0 Å². The largest absolute Gasteiger partial charge is 0.389 e. The lowest BCUT2D eigenvalue weighted by Crippen LogP contribution is -2.37. The molecular formula is C13H17F2NO3. The van der Waals surface area contributed by atoms with Gasteiger partial charge >= 0.3 is 0 Å². The van der Waals surface area contributed by atoms with Crippen LogP contribution in [-0.4, -0.2) is 49.3 Å². The van der Waals surface area contributed by atoms with Crippen molar-refractivity contribution in [3.8, 4) is 0 Å². The van der Waals surface area contributed by atoms with Gasteiger partial charge in [0.15, 0.2) is 0 Å². The second-order valence-corrected chi connectivity index (χ2v) is 4.30. The summed E-state index contributed by atoms with van der Waals surface area (Å²) in [5.41, 5.74) is 0.125. The molecule has 0 saturated heterocycles. The van der Waals surface area contributed by atoms with Crippen LogP contribution in [0.2, 0.25) is 0 Å². The lowest BCUT2D eigenvalue weighted by Gasteiger charge is -2.20. The van der Waals surface area contributed by atoms with Gasteiger partial charge in [0, 0.05) is 26.8 Å². The number of likely N-dealkylation sites (N-methyl/N-ethyl adjacent to an activating group) is 1. The minimum Gasteiger partial charge on any atom is -0.389 e. The van der Waals surface area contributed by atoms with E-state index in [0.717, 1.165) is 12.1 Å². The molecule has 1 atom stereocenters. The number of aliphatic hydroxyl groups is 1. The van der Waals surface area contributed by atoms with Gasteiger partial charge in [0.05, 0.1) is 19.1 Å². The van der Waals surface area contributed by atoms with E-state index in [-0.39, 0.29) is 31.0 Å². The minimum absolute atomic E-state index is 0.0927. The first-order valence-electron chi connectivity index (χ1n) is 5.79. The molecule has 19 heavy (non-hydrogen) atoms. The number of aliphatic hydroxyl groups excluding tert-OH is 1. The van der Waals surface area contributed by atoms with E-state index in [1.54, 1.807) is 0 Å². The van der Waals surface area contributed by atoms with E-state index in [1.807, 2.05) is 0 Å². The number of nitrogens with zero attached hydrogens (tertiary/aromatic N) is 1. The highest BCUT2D eigenvalue weighted by atomic mass is 19.1. The molecule has 0 heterocycles. The van der Waals surface area contributed by atoms with Crippen LogP contribution in [0.1, 0.15) is 5.56 Å². The van der Waals surface area contributed by atoms with Crippen molar-refractivity contribution in [1.82, 2.24) is 4.90 Å². The third-order valence-corrected chi connectivity index (χ3v) is 2.63. The number of hydrogen-bond acceptors (Lipinski definition) is 3. The zero-order valence-electron chi connectivity index (χ0n) is 10.9. The maximum absolute atomic E-state index is 13.4. The van der Waals surface area contributed by atoms with Gasteiger partial charge in [-0.1, -0.05) is 6.07 Å². The molecular weight excluding hydrogens is 256 g/mol. The normalized spacial score (nSPS) is 12.3. The van der Waals surface area contributed by atoms with E-state index in [1.165, 1.54) is 25.1 Å². The first-order chi connectivity index (χ1) is 8.93. The van der Waals surface area contributed by atoms with E-state index in [4.69, 9.17) is 4.74 Å². The molecule has 0 aromatic heterocycles. The van der Waals surface area contributed by atoms with Crippen molar-refractivity contribution in [2.24, 2.45) is 0 Å². The molecule has 0 aliphatic rings. The Labute approximate surface area is 110 Å². The monoisotopic (exact) mass is 273 g/mol. The Morgan fingerprint density at radius 3 is 2.74 bits per heavy atom. The minimum atomic E-state index is -0.794. The zero-order chi connectivity index (χ0) is 14.4. The van der Waals surface area contributed by atoms with Crippen molar-refractivity contribution in [2.75, 3.05) is 27.3 Å². The molecule has 0 spiro atoms. The van der Waals surface area contributed by atoms with E-state index in [0.29, 0.717) is 0 Å². The van der Waals surface area contributed by atoms with Gasteiger partial charge in [-0.25, -0.2) is 8.78 Å². The number of carbonyl (C=O) groups excluding carboxylic acids is 1. The fourth-order valence-electron chi connectivity index (χ4n) is 1.63. The number of ether oxygens (including phenoxy) is 1. The molecule has 0 fully saturated rings. The van der Waals surface area contributed by atoms with Gasteiger partial charge in [0.25, 0.3) is 0 Å². The lowest BCUT2D eigenvalue weighted by atomic mass is 10.1. The molecule has 4 nitrogen and oxygen atoms in total. The Bertz CT molecular complexity index is 440. The van der Waals surface area contributed by atoms with Crippen molar-refractivity contribution in [3.05, 3.63) is 35.4 Å². The third kappa shape index (κ3) is 4.92. The number of carbonyl (C=O) groups is 1. The summed E-state index contributed by atoms with van der Waals surface area (Å²) in [7, 11) is 2.95. The highest BCUT2D eigenvalue weighted by molar-refractivity contribution is 5.78. The van der Waals surface area contributed by atoms with Crippen LogP contribution in [0.15, 0.2) is 18.2 Å². The van der Waals surface area contributed by atoms with E-state index in [9.17, 15) is 18.7 Å². The quantitative estimate of drug-likeness (QED) is 0.840. The topological polar surface area (TPSA) is 49.8 Å². The number of methoxy groups -OCH3 is 1. The van der Waals surface area contributed by atoms with Gasteiger partial charge in [-0.2, -0.15) is 0 Å². The van der Waals surface area contributed by atoms with Crippen molar-refractivity contribution in [3.63, 3.8) is 0 Å². The Morgan fingerprint density at radius 2 is 2.16 bits per heavy atom. The van der Waals surface area contributed by atoms with E-state index >= 15 is 0 Å². The maximum Gasteiger partial charge on any atom is 0.226 e. The molecule has 1 amide bonds. The zero-order valence-corrected chi connectivity index (χ0v) is 10.9. The summed E-state index contributed by atoms with van der Waals surface area (Å²) in [4.78, 5) is 13.1. The molecule has 0 radical (unpaired) electrons. The summed E-state index contributed by atoms with van der Waals surface area (Å²) in [6, 6.07) is 3.08. The SMILES string of the molecule is COCC(O)CN(C)C(=O)Cc1ccc(F)cc1F. The van der Waals surface area contributed by atoms with Gasteiger partial charge < -0.3 is 14.7 Å². The van der Waals surface area contributed by atoms with Crippen LogP contribution in [0.5, 0.6) is 0 Å². The standard InChI is InChI=1S/C13H17F2NO3/c1-16(7-11(17)8-19-2)13(18)5-9-3-4-10(14)6-12(9)15/h3-4,6,11,17H,5,7-8H2,1-2H3. The Hall–Kier alpha value is -1.53. The number of hydrogen-bond donors (Lipinski definition) is 1. The predicted octanol–water partition coefficient (Wildman–Crippen LogP) is 0.973. The summed E-state index contributed by atoms with van der Waals surface area (Å²) in [5.74, 6) is -1.79. The van der Waals surface area contributed by atoms with Crippen molar-refractivity contribution < 1.29 is 23.4 Å². The summed E-state index contributed by atoms with van der Waals surface area (Å²) < 4.78 is 30.8. The van der Waals surface area contributed by atoms with Gasteiger partial charge in [-0.15, -0.1) is 0 Å². The molecule has 1 unspecified atom stereocenters. The van der Waals surface area contributed by atoms with Gasteiger partial charge in [-0.05, 0) is 11.6 Å².